The number of hydrogen-bond donors (Lipinski definition) is 0. The summed E-state index contributed by atoms with van der Waals surface area (Å²) in [6, 6.07) is 5.42. The molecule has 0 aromatic heterocycles. The van der Waals surface area contributed by atoms with Crippen molar-refractivity contribution < 1.29 is 0 Å². The molecule has 0 amide bonds. The van der Waals surface area contributed by atoms with E-state index in [0.717, 1.165) is 0 Å². The molecular weight excluding hydrogens is 200 g/mol. The third-order valence-corrected chi connectivity index (χ3v) is 24.3. The summed E-state index contributed by atoms with van der Waals surface area (Å²) in [6.45, 7) is 17.7. The van der Waals surface area contributed by atoms with E-state index in [0.29, 0.717) is 0 Å². The highest BCUT2D eigenvalue weighted by molar-refractivity contribution is 7.46. The van der Waals surface area contributed by atoms with Gasteiger partial charge in [-0.25, -0.2) is 0 Å². The molecule has 0 spiro atoms. The van der Waals surface area contributed by atoms with E-state index >= 15 is 0 Å². The highest BCUT2D eigenvalue weighted by Gasteiger charge is 2.45. The van der Waals surface area contributed by atoms with Crippen LogP contribution in [-0.2, 0) is 0 Å². The molecule has 0 unspecified atom stereocenters. The maximum absolute atomic E-state index is 4.13. The second-order valence-corrected chi connectivity index (χ2v) is 18.4. The first-order chi connectivity index (χ1) is 6.61. The number of hydrogen-bond acceptors (Lipinski definition) is 0. The predicted octanol–water partition coefficient (Wildman–Crippen LogP) is 4.49. The standard InChI is InChI=1S/C12H26Si2/c1-7-13(8-2,9-3)14(10-4,11-5)12-6/h7,10H,1,4,8-9,11-12H2,2-3,5-6H3. The Hall–Kier alpha value is -0.0862. The first-order valence-corrected chi connectivity index (χ1v) is 11.9. The lowest BCUT2D eigenvalue weighted by Crippen LogP contribution is -2.59. The molecule has 0 aliphatic rings. The van der Waals surface area contributed by atoms with E-state index in [1.807, 2.05) is 0 Å². The van der Waals surface area contributed by atoms with Gasteiger partial charge in [-0.3, -0.25) is 0 Å². The fraction of sp³-hybridized carbons (Fsp3) is 0.667. The van der Waals surface area contributed by atoms with Gasteiger partial charge in [-0.2, -0.15) is 0 Å². The Balaban J connectivity index is 5.29. The van der Waals surface area contributed by atoms with E-state index in [2.05, 4.69) is 52.3 Å². The molecule has 0 aromatic rings. The topological polar surface area (TPSA) is 0 Å². The third-order valence-electron chi connectivity index (χ3n) is 4.30. The fourth-order valence-corrected chi connectivity index (χ4v) is 19.6. The molecule has 0 saturated carbocycles. The van der Waals surface area contributed by atoms with E-state index in [4.69, 9.17) is 0 Å². The van der Waals surface area contributed by atoms with Crippen molar-refractivity contribution in [2.24, 2.45) is 0 Å². The Morgan fingerprint density at radius 2 is 0.929 bits per heavy atom. The summed E-state index contributed by atoms with van der Waals surface area (Å²) in [7, 11) is -2.42. The molecule has 0 rings (SSSR count). The predicted molar refractivity (Wildman–Crippen MR) is 73.8 cm³/mol. The average molecular weight is 227 g/mol. The van der Waals surface area contributed by atoms with Crippen LogP contribution < -0.4 is 0 Å². The van der Waals surface area contributed by atoms with Crippen molar-refractivity contribution in [2.75, 3.05) is 0 Å². The molecule has 2 heteroatoms. The van der Waals surface area contributed by atoms with Gasteiger partial charge in [-0.1, -0.05) is 51.9 Å². The Labute approximate surface area is 91.9 Å². The highest BCUT2D eigenvalue weighted by atomic mass is 29.3. The maximum atomic E-state index is 4.13. The van der Waals surface area contributed by atoms with E-state index < -0.39 is 15.2 Å². The lowest BCUT2D eigenvalue weighted by atomic mass is 10.9. The summed E-state index contributed by atoms with van der Waals surface area (Å²) in [6.07, 6.45) is 0. The molecule has 0 aliphatic heterocycles. The molecule has 0 nitrogen and oxygen atoms in total. The Bertz CT molecular complexity index is 166. The molecule has 0 bridgehead atoms. The van der Waals surface area contributed by atoms with Crippen molar-refractivity contribution >= 4 is 15.2 Å². The monoisotopic (exact) mass is 226 g/mol. The van der Waals surface area contributed by atoms with E-state index in [9.17, 15) is 0 Å². The van der Waals surface area contributed by atoms with Crippen LogP contribution >= 0.6 is 0 Å². The van der Waals surface area contributed by atoms with E-state index in [-0.39, 0.29) is 0 Å². The molecule has 82 valence electrons. The van der Waals surface area contributed by atoms with E-state index in [1.54, 1.807) is 0 Å². The lowest BCUT2D eigenvalue weighted by Gasteiger charge is -2.43. The van der Waals surface area contributed by atoms with Crippen molar-refractivity contribution in [3.05, 3.63) is 24.6 Å². The normalized spacial score (nSPS) is 12.6. The second-order valence-electron chi connectivity index (χ2n) is 4.13. The zero-order valence-electron chi connectivity index (χ0n) is 10.4. The van der Waals surface area contributed by atoms with Gasteiger partial charge in [0.05, 0.1) is 15.2 Å². The summed E-state index contributed by atoms with van der Waals surface area (Å²) in [4.78, 5) is 0. The molecule has 0 atom stereocenters. The fourth-order valence-electron chi connectivity index (χ4n) is 2.89. The van der Waals surface area contributed by atoms with E-state index in [1.165, 1.54) is 24.2 Å². The van der Waals surface area contributed by atoms with Crippen LogP contribution in [0, 0.1) is 0 Å². The smallest absolute Gasteiger partial charge is 0.0744 e. The Morgan fingerprint density at radius 1 is 0.714 bits per heavy atom. The zero-order valence-corrected chi connectivity index (χ0v) is 12.4. The van der Waals surface area contributed by atoms with Gasteiger partial charge in [-0.05, 0) is 0 Å². The van der Waals surface area contributed by atoms with Crippen LogP contribution in [0.5, 0.6) is 0 Å². The summed E-state index contributed by atoms with van der Waals surface area (Å²) in [5.41, 5.74) is 4.71. The summed E-state index contributed by atoms with van der Waals surface area (Å²) >= 11 is 0. The summed E-state index contributed by atoms with van der Waals surface area (Å²) < 4.78 is 0. The summed E-state index contributed by atoms with van der Waals surface area (Å²) in [5.74, 6) is 0. The quantitative estimate of drug-likeness (QED) is 0.561. The largest absolute Gasteiger partial charge is 0.107 e. The Morgan fingerprint density at radius 3 is 1.00 bits per heavy atom. The van der Waals surface area contributed by atoms with Crippen molar-refractivity contribution in [1.29, 1.82) is 0 Å². The molecule has 0 radical (unpaired) electrons. The second kappa shape index (κ2) is 5.71. The van der Waals surface area contributed by atoms with Gasteiger partial charge in [-0.15, -0.1) is 24.6 Å². The summed E-state index contributed by atoms with van der Waals surface area (Å²) in [5, 5.41) is 0. The molecule has 0 aromatic carbocycles. The molecule has 0 heterocycles. The van der Waals surface area contributed by atoms with Crippen LogP contribution in [0.15, 0.2) is 24.6 Å². The maximum Gasteiger partial charge on any atom is 0.0744 e. The number of rotatable bonds is 7. The van der Waals surface area contributed by atoms with Crippen LogP contribution in [-0.4, -0.2) is 15.2 Å². The van der Waals surface area contributed by atoms with Crippen molar-refractivity contribution in [2.45, 2.75) is 51.9 Å². The van der Waals surface area contributed by atoms with Gasteiger partial charge in [0.25, 0.3) is 0 Å². The van der Waals surface area contributed by atoms with Crippen molar-refractivity contribution in [3.63, 3.8) is 0 Å². The van der Waals surface area contributed by atoms with Gasteiger partial charge in [0.15, 0.2) is 0 Å². The molecule has 0 aliphatic carbocycles. The average Bonchev–Trinajstić information content (AvgIpc) is 2.27. The van der Waals surface area contributed by atoms with Gasteiger partial charge >= 0.3 is 0 Å². The lowest BCUT2D eigenvalue weighted by molar-refractivity contribution is 1.24. The first-order valence-electron chi connectivity index (χ1n) is 5.89. The molecule has 14 heavy (non-hydrogen) atoms. The van der Waals surface area contributed by atoms with Gasteiger partial charge in [0, 0.05) is 0 Å². The van der Waals surface area contributed by atoms with Crippen molar-refractivity contribution in [1.82, 2.24) is 0 Å². The van der Waals surface area contributed by atoms with Gasteiger partial charge in [0.1, 0.15) is 0 Å². The van der Waals surface area contributed by atoms with Crippen LogP contribution in [0.4, 0.5) is 0 Å². The molecule has 0 saturated heterocycles. The van der Waals surface area contributed by atoms with Crippen molar-refractivity contribution in [3.8, 4) is 0 Å². The minimum Gasteiger partial charge on any atom is -0.107 e. The minimum atomic E-state index is -1.21. The molecular formula is C12H26Si2. The third kappa shape index (κ3) is 1.96. The molecule has 0 N–H and O–H groups in total. The van der Waals surface area contributed by atoms with Crippen LogP contribution in [0.3, 0.4) is 0 Å². The van der Waals surface area contributed by atoms with Crippen LogP contribution in [0.1, 0.15) is 27.7 Å². The first kappa shape index (κ1) is 13.9. The van der Waals surface area contributed by atoms with Crippen LogP contribution in [0.25, 0.3) is 0 Å². The Kier molecular flexibility index (Phi) is 5.68. The van der Waals surface area contributed by atoms with Gasteiger partial charge in [0.2, 0.25) is 0 Å². The van der Waals surface area contributed by atoms with Gasteiger partial charge < -0.3 is 0 Å². The van der Waals surface area contributed by atoms with Crippen LogP contribution in [0.2, 0.25) is 24.2 Å². The molecule has 0 fully saturated rings. The minimum absolute atomic E-state index is 1.21. The highest BCUT2D eigenvalue weighted by Crippen LogP contribution is 2.34. The SMILES string of the molecule is C=C[Si](CC)(CC)[Si](C=C)(CC)CC. The zero-order chi connectivity index (χ0) is 11.2.